The number of benzene rings is 2. The van der Waals surface area contributed by atoms with E-state index in [-0.39, 0.29) is 0 Å². The number of aromatic nitrogens is 4. The number of nitrogens with one attached hydrogen (secondary N) is 1. The Morgan fingerprint density at radius 3 is 2.38 bits per heavy atom. The molecule has 2 aromatic carbocycles. The van der Waals surface area contributed by atoms with Crippen molar-refractivity contribution in [3.8, 4) is 11.3 Å². The van der Waals surface area contributed by atoms with Crippen molar-refractivity contribution in [2.75, 3.05) is 6.54 Å². The largest absolute Gasteiger partial charge is 0.313 e. The first-order chi connectivity index (χ1) is 14.3. The normalized spacial score (nSPS) is 11.1. The minimum Gasteiger partial charge on any atom is -0.313 e. The zero-order valence-corrected chi connectivity index (χ0v) is 16.8. The van der Waals surface area contributed by atoms with Crippen LogP contribution in [0, 0.1) is 0 Å². The van der Waals surface area contributed by atoms with E-state index < -0.39 is 0 Å². The zero-order chi connectivity index (χ0) is 19.9. The second kappa shape index (κ2) is 9.34. The highest BCUT2D eigenvalue weighted by atomic mass is 15.3. The molecule has 0 aliphatic rings. The van der Waals surface area contributed by atoms with Crippen molar-refractivity contribution in [2.45, 2.75) is 25.9 Å². The molecule has 5 nitrogen and oxygen atoms in total. The number of hydrogen-bond donors (Lipinski definition) is 1. The van der Waals surface area contributed by atoms with Gasteiger partial charge in [-0.1, -0.05) is 60.7 Å². The highest BCUT2D eigenvalue weighted by Crippen LogP contribution is 2.22. The maximum Gasteiger partial charge on any atom is 0.0968 e. The van der Waals surface area contributed by atoms with Crippen molar-refractivity contribution in [3.63, 3.8) is 0 Å². The van der Waals surface area contributed by atoms with E-state index in [2.05, 4.69) is 71.3 Å². The molecule has 29 heavy (non-hydrogen) atoms. The van der Waals surface area contributed by atoms with E-state index in [1.165, 1.54) is 16.7 Å². The van der Waals surface area contributed by atoms with Crippen LogP contribution in [0.25, 0.3) is 11.3 Å². The minimum atomic E-state index is 0.779. The Bertz CT molecular complexity index is 1020. The topological polar surface area (TPSA) is 47.7 Å². The molecule has 1 N–H and O–H groups in total. The molecule has 4 aromatic rings. The Morgan fingerprint density at radius 1 is 0.897 bits per heavy atom. The molecule has 0 aliphatic heterocycles. The van der Waals surface area contributed by atoms with Crippen molar-refractivity contribution in [2.24, 2.45) is 7.05 Å². The summed E-state index contributed by atoms with van der Waals surface area (Å²) in [6.45, 7) is 2.56. The van der Waals surface area contributed by atoms with Crippen molar-refractivity contribution in [3.05, 3.63) is 95.9 Å². The number of aryl methyl sites for hydroxylation is 2. The Hall–Kier alpha value is -3.18. The molecule has 0 amide bonds. The Kier molecular flexibility index (Phi) is 6.17. The smallest absolute Gasteiger partial charge is 0.0968 e. The van der Waals surface area contributed by atoms with Crippen molar-refractivity contribution in [1.29, 1.82) is 0 Å². The first kappa shape index (κ1) is 19.2. The van der Waals surface area contributed by atoms with E-state index in [1.807, 2.05) is 34.7 Å². The summed E-state index contributed by atoms with van der Waals surface area (Å²) >= 11 is 0. The zero-order valence-electron chi connectivity index (χ0n) is 16.8. The second-order valence-electron chi connectivity index (χ2n) is 7.35. The monoisotopic (exact) mass is 385 g/mol. The summed E-state index contributed by atoms with van der Waals surface area (Å²) in [5, 5.41) is 12.7. The first-order valence-electron chi connectivity index (χ1n) is 10.1. The Balaban J connectivity index is 1.41. The first-order valence-corrected chi connectivity index (χ1v) is 10.1. The van der Waals surface area contributed by atoms with Gasteiger partial charge in [0.15, 0.2) is 0 Å². The molecule has 148 valence electrons. The molecule has 0 aliphatic carbocycles. The third kappa shape index (κ3) is 5.21. The fraction of sp³-hybridized carbons (Fsp3) is 0.250. The van der Waals surface area contributed by atoms with E-state index in [4.69, 9.17) is 5.10 Å². The van der Waals surface area contributed by atoms with Crippen molar-refractivity contribution < 1.29 is 0 Å². The third-order valence-electron chi connectivity index (χ3n) is 4.96. The van der Waals surface area contributed by atoms with Crippen LogP contribution in [-0.4, -0.2) is 26.1 Å². The molecule has 0 fully saturated rings. The number of hydrogen-bond acceptors (Lipinski definition) is 3. The van der Waals surface area contributed by atoms with Crippen LogP contribution in [0.1, 0.15) is 23.1 Å². The highest BCUT2D eigenvalue weighted by molar-refractivity contribution is 5.62. The molecule has 5 heteroatoms. The van der Waals surface area contributed by atoms with Gasteiger partial charge in [-0.15, -0.1) is 0 Å². The van der Waals surface area contributed by atoms with Gasteiger partial charge in [0.1, 0.15) is 0 Å². The van der Waals surface area contributed by atoms with Gasteiger partial charge in [-0.2, -0.15) is 10.2 Å². The molecule has 0 radical (unpaired) electrons. The molecule has 0 saturated carbocycles. The quantitative estimate of drug-likeness (QED) is 0.442. The lowest BCUT2D eigenvalue weighted by atomic mass is 10.1. The molecule has 0 saturated heterocycles. The van der Waals surface area contributed by atoms with E-state index >= 15 is 0 Å². The summed E-state index contributed by atoms with van der Waals surface area (Å²) in [4.78, 5) is 0. The lowest BCUT2D eigenvalue weighted by Crippen LogP contribution is -2.15. The Labute approximate surface area is 172 Å². The Morgan fingerprint density at radius 2 is 1.66 bits per heavy atom. The van der Waals surface area contributed by atoms with Gasteiger partial charge in [0, 0.05) is 37.1 Å². The standard InChI is InChI=1S/C24H27N5/c1-28-17-21(15-26-28)11-8-14-25-16-23-19-29(18-20-9-4-2-5-10-20)27-24(23)22-12-6-3-7-13-22/h2-7,9-10,12-13,15,17,19,25H,8,11,14,16,18H2,1H3. The number of nitrogens with zero attached hydrogens (tertiary/aromatic N) is 4. The van der Waals surface area contributed by atoms with E-state index in [0.717, 1.165) is 43.7 Å². The molecular formula is C24H27N5. The van der Waals surface area contributed by atoms with Gasteiger partial charge in [-0.25, -0.2) is 0 Å². The molecule has 0 spiro atoms. The minimum absolute atomic E-state index is 0.779. The van der Waals surface area contributed by atoms with Gasteiger partial charge in [0.25, 0.3) is 0 Å². The predicted molar refractivity (Wildman–Crippen MR) is 116 cm³/mol. The summed E-state index contributed by atoms with van der Waals surface area (Å²) in [5.74, 6) is 0. The lowest BCUT2D eigenvalue weighted by Gasteiger charge is -2.05. The molecule has 2 aromatic heterocycles. The summed E-state index contributed by atoms with van der Waals surface area (Å²) in [7, 11) is 1.96. The predicted octanol–water partition coefficient (Wildman–Crippen LogP) is 4.05. The van der Waals surface area contributed by atoms with Crippen molar-refractivity contribution in [1.82, 2.24) is 24.9 Å². The van der Waals surface area contributed by atoms with Crippen LogP contribution in [0.2, 0.25) is 0 Å². The second-order valence-corrected chi connectivity index (χ2v) is 7.35. The van der Waals surface area contributed by atoms with Gasteiger partial charge < -0.3 is 5.32 Å². The molecule has 0 bridgehead atoms. The lowest BCUT2D eigenvalue weighted by molar-refractivity contribution is 0.647. The SMILES string of the molecule is Cn1cc(CCCNCc2cn(Cc3ccccc3)nc2-c2ccccc2)cn1. The van der Waals surface area contributed by atoms with Crippen LogP contribution in [-0.2, 0) is 26.6 Å². The summed E-state index contributed by atoms with van der Waals surface area (Å²) in [6, 6.07) is 20.9. The van der Waals surface area contributed by atoms with Crippen LogP contribution in [0.3, 0.4) is 0 Å². The fourth-order valence-electron chi connectivity index (χ4n) is 3.52. The summed E-state index contributed by atoms with van der Waals surface area (Å²) in [5.41, 5.74) is 5.99. The van der Waals surface area contributed by atoms with Gasteiger partial charge in [0.05, 0.1) is 18.4 Å². The molecule has 0 unspecified atom stereocenters. The fourth-order valence-corrected chi connectivity index (χ4v) is 3.52. The van der Waals surface area contributed by atoms with E-state index in [1.54, 1.807) is 0 Å². The van der Waals surface area contributed by atoms with Gasteiger partial charge >= 0.3 is 0 Å². The molecule has 0 atom stereocenters. The van der Waals surface area contributed by atoms with Crippen molar-refractivity contribution >= 4 is 0 Å². The van der Waals surface area contributed by atoms with Crippen LogP contribution < -0.4 is 5.32 Å². The summed E-state index contributed by atoms with van der Waals surface area (Å²) < 4.78 is 3.90. The van der Waals surface area contributed by atoms with Gasteiger partial charge in [-0.3, -0.25) is 9.36 Å². The van der Waals surface area contributed by atoms with Gasteiger partial charge in [0.2, 0.25) is 0 Å². The van der Waals surface area contributed by atoms with Crippen LogP contribution in [0.4, 0.5) is 0 Å². The molecule has 4 rings (SSSR count). The highest BCUT2D eigenvalue weighted by Gasteiger charge is 2.11. The molecular weight excluding hydrogens is 358 g/mol. The molecule has 2 heterocycles. The van der Waals surface area contributed by atoms with Gasteiger partial charge in [-0.05, 0) is 30.5 Å². The van der Waals surface area contributed by atoms with Crippen LogP contribution in [0.15, 0.2) is 79.3 Å². The summed E-state index contributed by atoms with van der Waals surface area (Å²) in [6.07, 6.45) is 8.33. The van der Waals surface area contributed by atoms with Crippen LogP contribution in [0.5, 0.6) is 0 Å². The average Bonchev–Trinajstić information content (AvgIpc) is 3.35. The van der Waals surface area contributed by atoms with E-state index in [9.17, 15) is 0 Å². The number of rotatable bonds is 9. The maximum absolute atomic E-state index is 4.89. The van der Waals surface area contributed by atoms with Crippen LogP contribution >= 0.6 is 0 Å². The third-order valence-corrected chi connectivity index (χ3v) is 4.96. The maximum atomic E-state index is 4.89. The van der Waals surface area contributed by atoms with E-state index in [0.29, 0.717) is 0 Å². The average molecular weight is 386 g/mol.